The Kier molecular flexibility index (Phi) is 3.14. The molecule has 0 aromatic carbocycles. The number of rotatable bonds is 2. The highest BCUT2D eigenvalue weighted by molar-refractivity contribution is 7.79. The first-order valence-electron chi connectivity index (χ1n) is 2.75. The number of hydrogen-bond acceptors (Lipinski definition) is 3. The van der Waals surface area contributed by atoms with Crippen molar-refractivity contribution < 1.29 is 22.4 Å². The van der Waals surface area contributed by atoms with E-state index in [9.17, 15) is 8.42 Å². The van der Waals surface area contributed by atoms with E-state index in [1.54, 1.807) is 0 Å². The zero-order chi connectivity index (χ0) is 8.48. The Morgan fingerprint density at radius 2 is 2.25 bits per heavy atom. The van der Waals surface area contributed by atoms with Crippen molar-refractivity contribution in [2.24, 2.45) is 0 Å². The average Bonchev–Trinajstić information content (AvgIpc) is 2.31. The van der Waals surface area contributed by atoms with Gasteiger partial charge in [0.15, 0.2) is 0 Å². The Morgan fingerprint density at radius 1 is 1.67 bits per heavy atom. The van der Waals surface area contributed by atoms with Gasteiger partial charge in [-0.3, -0.25) is 4.55 Å². The number of hydrogen-bond donors (Lipinski definition) is 2. The molecule has 0 radical (unpaired) electrons. The fraction of sp³-hybridized carbons (Fsp3) is 0. The summed E-state index contributed by atoms with van der Waals surface area (Å²) in [6.07, 6.45) is 3.85. The van der Waals surface area contributed by atoms with E-state index in [-0.39, 0.29) is 11.3 Å². The zero-order valence-corrected chi connectivity index (χ0v) is 6.82. The molecule has 7 heteroatoms. The molecular formula is C5H8N2O4S. The van der Waals surface area contributed by atoms with Gasteiger partial charge in [-0.05, 0) is 0 Å². The van der Waals surface area contributed by atoms with Gasteiger partial charge in [-0.2, -0.15) is 8.42 Å². The molecule has 6 nitrogen and oxygen atoms in total. The van der Waals surface area contributed by atoms with E-state index >= 15 is 0 Å². The number of nitrogens with one attached hydrogen (secondary N) is 1. The summed E-state index contributed by atoms with van der Waals surface area (Å²) in [4.78, 5) is 2.57. The molecular weight excluding hydrogens is 184 g/mol. The van der Waals surface area contributed by atoms with Gasteiger partial charge < -0.3 is 5.48 Å². The smallest absolute Gasteiger partial charge is 0.439 e. The van der Waals surface area contributed by atoms with Crippen LogP contribution in [0.2, 0.25) is 0 Å². The Bertz CT molecular complexity index is 367. The van der Waals surface area contributed by atoms with E-state index < -0.39 is 10.3 Å². The number of aromatic nitrogens is 2. The molecule has 3 N–H and O–H groups in total. The summed E-state index contributed by atoms with van der Waals surface area (Å²) in [7, 11) is -4.19. The third-order valence-corrected chi connectivity index (χ3v) is 1.94. The van der Waals surface area contributed by atoms with Gasteiger partial charge in [0.25, 0.3) is 5.82 Å². The normalized spacial score (nSPS) is 10.4. The zero-order valence-electron chi connectivity index (χ0n) is 6.01. The van der Waals surface area contributed by atoms with E-state index in [2.05, 4.69) is 11.6 Å². The van der Waals surface area contributed by atoms with Gasteiger partial charge in [0, 0.05) is 6.08 Å². The number of H-pyrrole nitrogens is 1. The summed E-state index contributed by atoms with van der Waals surface area (Å²) in [5.74, 6) is 0.215. The van der Waals surface area contributed by atoms with Gasteiger partial charge in [0.2, 0.25) is 0 Å². The van der Waals surface area contributed by atoms with Crippen molar-refractivity contribution in [3.63, 3.8) is 0 Å². The molecule has 0 aliphatic carbocycles. The Labute approximate surface area is 69.4 Å². The molecule has 0 fully saturated rings. The maximum atomic E-state index is 10.5. The van der Waals surface area contributed by atoms with Crippen LogP contribution in [-0.4, -0.2) is 23.4 Å². The third-order valence-electron chi connectivity index (χ3n) is 1.12. The number of nitrogens with zero attached hydrogens (tertiary/aromatic N) is 1. The second kappa shape index (κ2) is 3.48. The first kappa shape index (κ1) is 10.8. The molecule has 0 aliphatic heterocycles. The van der Waals surface area contributed by atoms with E-state index in [0.29, 0.717) is 3.97 Å². The molecule has 68 valence electrons. The first-order valence-corrected chi connectivity index (χ1v) is 4.15. The van der Waals surface area contributed by atoms with E-state index in [1.165, 1.54) is 18.5 Å². The van der Waals surface area contributed by atoms with Crippen LogP contribution in [0.4, 0.5) is 0 Å². The van der Waals surface area contributed by atoms with Crippen LogP contribution >= 0.6 is 0 Å². The molecule has 12 heavy (non-hydrogen) atoms. The van der Waals surface area contributed by atoms with Crippen LogP contribution in [0.1, 0.15) is 5.82 Å². The summed E-state index contributed by atoms with van der Waals surface area (Å²) in [5, 5.41) is 0. The van der Waals surface area contributed by atoms with Crippen molar-refractivity contribution in [3.8, 4) is 0 Å². The molecule has 0 spiro atoms. The van der Waals surface area contributed by atoms with Crippen LogP contribution in [0.25, 0.3) is 6.08 Å². The topological polar surface area (TPSA) is 104 Å². The molecule has 1 rings (SSSR count). The van der Waals surface area contributed by atoms with E-state index in [0.717, 1.165) is 0 Å². The predicted molar refractivity (Wildman–Crippen MR) is 40.0 cm³/mol. The minimum absolute atomic E-state index is 0. The molecule has 0 saturated heterocycles. The van der Waals surface area contributed by atoms with Crippen LogP contribution in [0, 0.1) is 0 Å². The van der Waals surface area contributed by atoms with Gasteiger partial charge in [-0.1, -0.05) is 10.6 Å². The lowest BCUT2D eigenvalue weighted by Crippen LogP contribution is -2.42. The summed E-state index contributed by atoms with van der Waals surface area (Å²) in [5.41, 5.74) is 0. The van der Waals surface area contributed by atoms with Crippen molar-refractivity contribution in [1.29, 1.82) is 0 Å². The summed E-state index contributed by atoms with van der Waals surface area (Å²) >= 11 is 0. The van der Waals surface area contributed by atoms with Crippen molar-refractivity contribution in [2.45, 2.75) is 0 Å². The number of aromatic amines is 1. The first-order chi connectivity index (χ1) is 5.05. The van der Waals surface area contributed by atoms with Crippen molar-refractivity contribution in [3.05, 3.63) is 24.8 Å². The van der Waals surface area contributed by atoms with Crippen LogP contribution in [0.3, 0.4) is 0 Å². The maximum Gasteiger partial charge on any atom is 0.439 e. The maximum absolute atomic E-state index is 10.5. The highest BCUT2D eigenvalue weighted by atomic mass is 32.2. The predicted octanol–water partition coefficient (Wildman–Crippen LogP) is -0.581. The Hall–Kier alpha value is -1.18. The lowest BCUT2D eigenvalue weighted by atomic mass is 10.6. The Morgan fingerprint density at radius 3 is 2.58 bits per heavy atom. The lowest BCUT2D eigenvalue weighted by molar-refractivity contribution is -0.519. The molecule has 0 aliphatic rings. The van der Waals surface area contributed by atoms with Crippen LogP contribution in [0.5, 0.6) is 0 Å². The van der Waals surface area contributed by atoms with Gasteiger partial charge in [0.1, 0.15) is 12.4 Å². The summed E-state index contributed by atoms with van der Waals surface area (Å²) < 4.78 is 30.3. The van der Waals surface area contributed by atoms with E-state index in [1.807, 2.05) is 0 Å². The minimum Gasteiger partial charge on any atom is -0.870 e. The van der Waals surface area contributed by atoms with Crippen molar-refractivity contribution in [1.82, 2.24) is 4.98 Å². The SMILES string of the molecule is C=Cc1[nH]cc[n+]1S(=O)(=O)O.[OH-]. The second-order valence-electron chi connectivity index (χ2n) is 1.82. The van der Waals surface area contributed by atoms with Gasteiger partial charge in [-0.15, -0.1) is 0 Å². The highest BCUT2D eigenvalue weighted by Crippen LogP contribution is 1.89. The van der Waals surface area contributed by atoms with Crippen molar-refractivity contribution in [2.75, 3.05) is 0 Å². The average molecular weight is 192 g/mol. The Balaban J connectivity index is 0.00000121. The van der Waals surface area contributed by atoms with Gasteiger partial charge in [0.05, 0.1) is 0 Å². The molecule has 1 aromatic rings. The molecule has 0 saturated carbocycles. The molecule has 0 bridgehead atoms. The van der Waals surface area contributed by atoms with Crippen LogP contribution in [-0.2, 0) is 10.3 Å². The quantitative estimate of drug-likeness (QED) is 0.483. The standard InChI is InChI=1S/C5H6N2O3S.H2O/c1-2-5-6-3-4-7(5)11(8,9)10;/h2-4H,1H2,(H,8,9,10);1H2. The monoisotopic (exact) mass is 192 g/mol. The molecule has 0 atom stereocenters. The lowest BCUT2D eigenvalue weighted by Gasteiger charge is -1.88. The summed E-state index contributed by atoms with van der Waals surface area (Å²) in [6, 6.07) is 0. The highest BCUT2D eigenvalue weighted by Gasteiger charge is 2.18. The van der Waals surface area contributed by atoms with E-state index in [4.69, 9.17) is 4.55 Å². The van der Waals surface area contributed by atoms with Gasteiger partial charge in [-0.25, -0.2) is 4.98 Å². The van der Waals surface area contributed by atoms with Gasteiger partial charge >= 0.3 is 10.3 Å². The van der Waals surface area contributed by atoms with Crippen LogP contribution < -0.4 is 3.97 Å². The summed E-state index contributed by atoms with van der Waals surface area (Å²) in [6.45, 7) is 3.35. The van der Waals surface area contributed by atoms with Crippen LogP contribution in [0.15, 0.2) is 19.0 Å². The van der Waals surface area contributed by atoms with Crippen molar-refractivity contribution >= 4 is 16.4 Å². The fourth-order valence-corrected chi connectivity index (χ4v) is 1.27. The third kappa shape index (κ3) is 1.91. The fourth-order valence-electron chi connectivity index (χ4n) is 0.684. The molecule has 1 aromatic heterocycles. The minimum atomic E-state index is -4.19. The molecule has 1 heterocycles. The largest absolute Gasteiger partial charge is 0.870 e. The number of imidazole rings is 1. The molecule has 0 amide bonds. The molecule has 0 unspecified atom stereocenters. The second-order valence-corrected chi connectivity index (χ2v) is 3.11.